The summed E-state index contributed by atoms with van der Waals surface area (Å²) in [6.07, 6.45) is 3.17. The van der Waals surface area contributed by atoms with Crippen LogP contribution in [0, 0.1) is 5.92 Å². The molecule has 3 N–H and O–H groups in total. The Balaban J connectivity index is 1.81. The van der Waals surface area contributed by atoms with Gasteiger partial charge in [0.2, 0.25) is 0 Å². The number of carbonyl (C=O) groups excluding carboxylic acids is 1. The molecule has 1 aliphatic carbocycles. The van der Waals surface area contributed by atoms with Crippen molar-refractivity contribution in [3.63, 3.8) is 0 Å². The average Bonchev–Trinajstić information content (AvgIpc) is 3.34. The Morgan fingerprint density at radius 1 is 1.33 bits per heavy atom. The maximum atomic E-state index is 12.1. The number of rotatable bonds is 9. The normalized spacial score (nSPS) is 15.5. The minimum Gasteiger partial charge on any atom is -0.494 e. The van der Waals surface area contributed by atoms with E-state index < -0.39 is 0 Å². The van der Waals surface area contributed by atoms with Gasteiger partial charge in [-0.2, -0.15) is 0 Å². The second-order valence-electron chi connectivity index (χ2n) is 5.37. The molecular weight excluding hydrogens is 268 g/mol. The summed E-state index contributed by atoms with van der Waals surface area (Å²) in [5.74, 6) is 1.26. The fourth-order valence-electron chi connectivity index (χ4n) is 2.22. The Hall–Kier alpha value is -1.59. The largest absolute Gasteiger partial charge is 0.494 e. The first-order valence-corrected chi connectivity index (χ1v) is 7.47. The van der Waals surface area contributed by atoms with E-state index in [1.165, 1.54) is 0 Å². The molecule has 1 aromatic rings. The standard InChI is InChI=1S/C16H24N2O3/c1-20-9-2-10-21-14-7-5-13(6-8-14)16(19)18-15(11-17)12-3-4-12/h5-8,12,15H,2-4,9-11,17H2,1H3,(H,18,19). The Kier molecular flexibility index (Phi) is 6.02. The number of methoxy groups -OCH3 is 1. The zero-order chi connectivity index (χ0) is 15.1. The number of amides is 1. The van der Waals surface area contributed by atoms with Gasteiger partial charge in [-0.1, -0.05) is 0 Å². The van der Waals surface area contributed by atoms with Crippen LogP contribution in [-0.4, -0.2) is 38.8 Å². The average molecular weight is 292 g/mol. The second-order valence-corrected chi connectivity index (χ2v) is 5.37. The highest BCUT2D eigenvalue weighted by Gasteiger charge is 2.31. The molecular formula is C16H24N2O3. The van der Waals surface area contributed by atoms with Crippen LogP contribution in [0.2, 0.25) is 0 Å². The monoisotopic (exact) mass is 292 g/mol. The predicted octanol–water partition coefficient (Wildman–Crippen LogP) is 1.57. The van der Waals surface area contributed by atoms with E-state index in [2.05, 4.69) is 5.32 Å². The number of ether oxygens (including phenoxy) is 2. The third-order valence-electron chi connectivity index (χ3n) is 3.64. The number of carbonyl (C=O) groups is 1. The molecule has 0 radical (unpaired) electrons. The highest BCUT2D eigenvalue weighted by molar-refractivity contribution is 5.94. The van der Waals surface area contributed by atoms with Gasteiger partial charge in [0.15, 0.2) is 0 Å². The molecule has 5 nitrogen and oxygen atoms in total. The van der Waals surface area contributed by atoms with Crippen LogP contribution in [0.5, 0.6) is 5.75 Å². The molecule has 1 fully saturated rings. The summed E-state index contributed by atoms with van der Waals surface area (Å²) < 4.78 is 10.5. The van der Waals surface area contributed by atoms with E-state index in [9.17, 15) is 4.79 Å². The molecule has 1 aromatic carbocycles. The van der Waals surface area contributed by atoms with E-state index in [0.717, 1.165) is 25.0 Å². The Morgan fingerprint density at radius 2 is 2.05 bits per heavy atom. The zero-order valence-corrected chi connectivity index (χ0v) is 12.5. The topological polar surface area (TPSA) is 73.6 Å². The number of hydrogen-bond donors (Lipinski definition) is 2. The van der Waals surface area contributed by atoms with Gasteiger partial charge in [0.25, 0.3) is 5.91 Å². The lowest BCUT2D eigenvalue weighted by atomic mass is 10.1. The van der Waals surface area contributed by atoms with E-state index in [4.69, 9.17) is 15.2 Å². The van der Waals surface area contributed by atoms with Gasteiger partial charge < -0.3 is 20.5 Å². The molecule has 1 amide bonds. The molecule has 0 spiro atoms. The third kappa shape index (κ3) is 5.02. The highest BCUT2D eigenvalue weighted by atomic mass is 16.5. The van der Waals surface area contributed by atoms with Crippen LogP contribution in [0.25, 0.3) is 0 Å². The van der Waals surface area contributed by atoms with Crippen molar-refractivity contribution in [2.45, 2.75) is 25.3 Å². The van der Waals surface area contributed by atoms with Crippen molar-refractivity contribution in [1.82, 2.24) is 5.32 Å². The van der Waals surface area contributed by atoms with Crippen LogP contribution in [0.3, 0.4) is 0 Å². The van der Waals surface area contributed by atoms with Crippen molar-refractivity contribution in [3.05, 3.63) is 29.8 Å². The lowest BCUT2D eigenvalue weighted by Gasteiger charge is -2.16. The van der Waals surface area contributed by atoms with Crippen molar-refractivity contribution in [2.24, 2.45) is 11.7 Å². The molecule has 5 heteroatoms. The van der Waals surface area contributed by atoms with Crippen molar-refractivity contribution < 1.29 is 14.3 Å². The van der Waals surface area contributed by atoms with Gasteiger partial charge in [0.05, 0.1) is 6.61 Å². The van der Waals surface area contributed by atoms with E-state index in [1.807, 2.05) is 12.1 Å². The molecule has 0 bridgehead atoms. The first-order chi connectivity index (χ1) is 10.2. The molecule has 116 valence electrons. The SMILES string of the molecule is COCCCOc1ccc(C(=O)NC(CN)C2CC2)cc1. The zero-order valence-electron chi connectivity index (χ0n) is 12.5. The first-order valence-electron chi connectivity index (χ1n) is 7.47. The molecule has 0 saturated heterocycles. The van der Waals surface area contributed by atoms with E-state index in [1.54, 1.807) is 19.2 Å². The minimum atomic E-state index is -0.0664. The van der Waals surface area contributed by atoms with E-state index >= 15 is 0 Å². The summed E-state index contributed by atoms with van der Waals surface area (Å²) in [5.41, 5.74) is 6.34. The Bertz CT molecular complexity index is 443. The van der Waals surface area contributed by atoms with Gasteiger partial charge in [-0.3, -0.25) is 4.79 Å². The summed E-state index contributed by atoms with van der Waals surface area (Å²) >= 11 is 0. The molecule has 0 aliphatic heterocycles. The Morgan fingerprint density at radius 3 is 2.62 bits per heavy atom. The highest BCUT2D eigenvalue weighted by Crippen LogP contribution is 2.32. The van der Waals surface area contributed by atoms with Crippen molar-refractivity contribution in [1.29, 1.82) is 0 Å². The maximum absolute atomic E-state index is 12.1. The summed E-state index contributed by atoms with van der Waals surface area (Å²) in [6, 6.07) is 7.29. The maximum Gasteiger partial charge on any atom is 0.251 e. The fourth-order valence-corrected chi connectivity index (χ4v) is 2.22. The lowest BCUT2D eigenvalue weighted by Crippen LogP contribution is -2.41. The number of nitrogens with two attached hydrogens (primary N) is 1. The summed E-state index contributed by atoms with van der Waals surface area (Å²) in [4.78, 5) is 12.1. The van der Waals surface area contributed by atoms with Crippen LogP contribution in [0.15, 0.2) is 24.3 Å². The van der Waals surface area contributed by atoms with Gasteiger partial charge in [-0.15, -0.1) is 0 Å². The smallest absolute Gasteiger partial charge is 0.251 e. The Labute approximate surface area is 125 Å². The summed E-state index contributed by atoms with van der Waals surface area (Å²) in [6.45, 7) is 1.79. The van der Waals surface area contributed by atoms with Crippen molar-refractivity contribution >= 4 is 5.91 Å². The molecule has 1 saturated carbocycles. The first kappa shape index (κ1) is 15.8. The number of nitrogens with one attached hydrogen (secondary N) is 1. The molecule has 1 atom stereocenters. The fraction of sp³-hybridized carbons (Fsp3) is 0.562. The third-order valence-corrected chi connectivity index (χ3v) is 3.64. The van der Waals surface area contributed by atoms with E-state index in [-0.39, 0.29) is 11.9 Å². The van der Waals surface area contributed by atoms with Gasteiger partial charge in [0.1, 0.15) is 5.75 Å². The molecule has 0 aromatic heterocycles. The molecule has 1 unspecified atom stereocenters. The van der Waals surface area contributed by atoms with Crippen molar-refractivity contribution in [3.8, 4) is 5.75 Å². The van der Waals surface area contributed by atoms with Gasteiger partial charge in [-0.25, -0.2) is 0 Å². The van der Waals surface area contributed by atoms with Gasteiger partial charge >= 0.3 is 0 Å². The molecule has 1 aliphatic rings. The van der Waals surface area contributed by atoms with Crippen LogP contribution < -0.4 is 15.8 Å². The predicted molar refractivity (Wildman–Crippen MR) is 81.5 cm³/mol. The molecule has 0 heterocycles. The molecule has 2 rings (SSSR count). The van der Waals surface area contributed by atoms with Crippen LogP contribution in [0.4, 0.5) is 0 Å². The van der Waals surface area contributed by atoms with Crippen molar-refractivity contribution in [2.75, 3.05) is 26.9 Å². The van der Waals surface area contributed by atoms with Crippen LogP contribution >= 0.6 is 0 Å². The summed E-state index contributed by atoms with van der Waals surface area (Å²) in [7, 11) is 1.67. The molecule has 21 heavy (non-hydrogen) atoms. The van der Waals surface area contributed by atoms with Gasteiger partial charge in [0, 0.05) is 38.3 Å². The van der Waals surface area contributed by atoms with Crippen LogP contribution in [0.1, 0.15) is 29.6 Å². The number of hydrogen-bond acceptors (Lipinski definition) is 4. The lowest BCUT2D eigenvalue weighted by molar-refractivity contribution is 0.0933. The number of benzene rings is 1. The van der Waals surface area contributed by atoms with Gasteiger partial charge in [-0.05, 0) is 43.0 Å². The van der Waals surface area contributed by atoms with Crippen LogP contribution in [-0.2, 0) is 4.74 Å². The minimum absolute atomic E-state index is 0.0664. The summed E-state index contributed by atoms with van der Waals surface area (Å²) in [5, 5.41) is 3.00. The second kappa shape index (κ2) is 8.00. The van der Waals surface area contributed by atoms with E-state index in [0.29, 0.717) is 31.2 Å². The quantitative estimate of drug-likeness (QED) is 0.678.